The molecule has 0 amide bonds. The summed E-state index contributed by atoms with van der Waals surface area (Å²) < 4.78 is 1.60. The Balaban J connectivity index is -0.000000403. The molecule has 0 aromatic carbocycles. The van der Waals surface area contributed by atoms with E-state index in [1.54, 1.807) is 27.9 Å². The molecule has 0 N–H and O–H groups in total. The molecule has 14 heavy (non-hydrogen) atoms. The summed E-state index contributed by atoms with van der Waals surface area (Å²) in [5, 5.41) is 0. The maximum Gasteiger partial charge on any atom is -1.00 e. The Kier molecular flexibility index (Phi) is 11.5. The maximum atomic E-state index is 2.54. The van der Waals surface area contributed by atoms with Crippen LogP contribution in [0.4, 0.5) is 0 Å². The SMILES string of the molecule is CB1[C]([Zr+3])=CCN1C(C)(C)C.[Cl-].[Cl-].[Cl-]. The van der Waals surface area contributed by atoms with Crippen LogP contribution < -0.4 is 37.2 Å². The molecular weight excluding hydrogens is 318 g/mol. The first-order chi connectivity index (χ1) is 4.93. The van der Waals surface area contributed by atoms with E-state index >= 15 is 0 Å². The standard InChI is InChI=1S/C8H15BN.3ClH.Zr/c1-8(2,3)10-7-5-6-9(10)4;;;;/h5H,7H2,1-4H3;3*1H;/q;;;;+3/p-3. The summed E-state index contributed by atoms with van der Waals surface area (Å²) in [5.74, 6) is 0. The molecule has 0 spiro atoms. The number of rotatable bonds is 0. The summed E-state index contributed by atoms with van der Waals surface area (Å²) in [6.45, 7) is 11.0. The van der Waals surface area contributed by atoms with Gasteiger partial charge in [0.15, 0.2) is 0 Å². The quantitative estimate of drug-likeness (QED) is 0.398. The maximum absolute atomic E-state index is 2.54. The second kappa shape index (κ2) is 7.74. The van der Waals surface area contributed by atoms with Gasteiger partial charge in [0.1, 0.15) is 0 Å². The zero-order valence-electron chi connectivity index (χ0n) is 8.94. The van der Waals surface area contributed by atoms with Crippen LogP contribution in [0.2, 0.25) is 6.82 Å². The molecule has 0 saturated carbocycles. The van der Waals surface area contributed by atoms with Crippen LogP contribution in [-0.2, 0) is 24.7 Å². The van der Waals surface area contributed by atoms with E-state index in [2.05, 4.69) is 38.5 Å². The summed E-state index contributed by atoms with van der Waals surface area (Å²) in [4.78, 5) is 2.54. The predicted octanol–water partition coefficient (Wildman–Crippen LogP) is -7.30. The van der Waals surface area contributed by atoms with Gasteiger partial charge in [-0.05, 0) is 0 Å². The van der Waals surface area contributed by atoms with E-state index in [1.807, 2.05) is 0 Å². The van der Waals surface area contributed by atoms with Crippen molar-refractivity contribution in [2.24, 2.45) is 0 Å². The van der Waals surface area contributed by atoms with Gasteiger partial charge in [0.05, 0.1) is 0 Å². The average molecular weight is 334 g/mol. The Morgan fingerprint density at radius 2 is 1.71 bits per heavy atom. The van der Waals surface area contributed by atoms with Crippen LogP contribution in [0.15, 0.2) is 9.26 Å². The minimum Gasteiger partial charge on any atom is -1.00 e. The van der Waals surface area contributed by atoms with Gasteiger partial charge in [-0.1, -0.05) is 0 Å². The second-order valence-corrected chi connectivity index (χ2v) is 5.58. The van der Waals surface area contributed by atoms with Crippen LogP contribution in [-0.4, -0.2) is 23.7 Å². The average Bonchev–Trinajstić information content (AvgIpc) is 2.11. The van der Waals surface area contributed by atoms with Gasteiger partial charge in [-0.25, -0.2) is 0 Å². The topological polar surface area (TPSA) is 3.24 Å². The molecule has 0 saturated heterocycles. The van der Waals surface area contributed by atoms with E-state index in [1.165, 1.54) is 0 Å². The van der Waals surface area contributed by atoms with E-state index < -0.39 is 0 Å². The molecule has 0 bridgehead atoms. The number of hydrogen-bond acceptors (Lipinski definition) is 1. The molecule has 0 unspecified atom stereocenters. The molecule has 1 heterocycles. The molecular formula is C8H15BCl3NZr. The van der Waals surface area contributed by atoms with Gasteiger partial charge < -0.3 is 37.2 Å². The van der Waals surface area contributed by atoms with Crippen molar-refractivity contribution in [3.8, 4) is 0 Å². The minimum atomic E-state index is 0. The first-order valence-electron chi connectivity index (χ1n) is 4.11. The summed E-state index contributed by atoms with van der Waals surface area (Å²) in [7, 11) is 0. The van der Waals surface area contributed by atoms with Gasteiger partial charge in [-0.2, -0.15) is 0 Å². The Labute approximate surface area is 122 Å². The summed E-state index contributed by atoms with van der Waals surface area (Å²) in [6, 6.07) is 0. The molecule has 1 nitrogen and oxygen atoms in total. The van der Waals surface area contributed by atoms with E-state index in [0.29, 0.717) is 12.4 Å². The fourth-order valence-corrected chi connectivity index (χ4v) is 2.16. The van der Waals surface area contributed by atoms with Crippen molar-refractivity contribution < 1.29 is 61.9 Å². The van der Waals surface area contributed by atoms with Gasteiger partial charge in [0.25, 0.3) is 0 Å². The van der Waals surface area contributed by atoms with E-state index in [0.717, 1.165) is 6.54 Å². The largest absolute Gasteiger partial charge is 1.00 e. The zero-order valence-corrected chi connectivity index (χ0v) is 13.7. The summed E-state index contributed by atoms with van der Waals surface area (Å²) in [5.41, 5.74) is 0.328. The van der Waals surface area contributed by atoms with Crippen LogP contribution in [0.3, 0.4) is 0 Å². The van der Waals surface area contributed by atoms with Gasteiger partial charge >= 0.3 is 85.3 Å². The van der Waals surface area contributed by atoms with Crippen molar-refractivity contribution in [1.29, 1.82) is 0 Å². The molecule has 0 radical (unpaired) electrons. The molecule has 80 valence electrons. The third-order valence-corrected chi connectivity index (χ3v) is 3.82. The van der Waals surface area contributed by atoms with Gasteiger partial charge in [0.2, 0.25) is 0 Å². The zero-order chi connectivity index (χ0) is 8.65. The fourth-order valence-electron chi connectivity index (χ4n) is 1.55. The van der Waals surface area contributed by atoms with Crippen LogP contribution in [0.25, 0.3) is 0 Å². The third kappa shape index (κ3) is 5.03. The van der Waals surface area contributed by atoms with Gasteiger partial charge in [0, 0.05) is 0 Å². The molecule has 1 rings (SSSR count). The first kappa shape index (κ1) is 20.9. The summed E-state index contributed by atoms with van der Waals surface area (Å²) >= 11 is 1.58. The molecule has 0 fully saturated rings. The summed E-state index contributed by atoms with van der Waals surface area (Å²) in [6.07, 6.45) is 2.37. The molecule has 1 aliphatic rings. The first-order valence-corrected chi connectivity index (χ1v) is 5.34. The Bertz CT molecular complexity index is 194. The van der Waals surface area contributed by atoms with E-state index in [4.69, 9.17) is 0 Å². The number of nitrogens with zero attached hydrogens (tertiary/aromatic N) is 1. The second-order valence-electron chi connectivity index (χ2n) is 4.16. The van der Waals surface area contributed by atoms with Crippen molar-refractivity contribution in [3.63, 3.8) is 0 Å². The van der Waals surface area contributed by atoms with Crippen molar-refractivity contribution in [2.45, 2.75) is 33.1 Å². The fraction of sp³-hybridized carbons (Fsp3) is 0.750. The van der Waals surface area contributed by atoms with Crippen molar-refractivity contribution in [1.82, 2.24) is 4.81 Å². The van der Waals surface area contributed by atoms with Crippen molar-refractivity contribution in [2.75, 3.05) is 6.54 Å². The Morgan fingerprint density at radius 1 is 1.29 bits per heavy atom. The van der Waals surface area contributed by atoms with Crippen LogP contribution >= 0.6 is 0 Å². The van der Waals surface area contributed by atoms with Crippen LogP contribution in [0.5, 0.6) is 0 Å². The third-order valence-electron chi connectivity index (χ3n) is 2.29. The molecule has 1 aliphatic heterocycles. The van der Waals surface area contributed by atoms with E-state index in [-0.39, 0.29) is 37.2 Å². The monoisotopic (exact) mass is 331 g/mol. The minimum absolute atomic E-state index is 0. The molecule has 6 heteroatoms. The van der Waals surface area contributed by atoms with E-state index in [9.17, 15) is 0 Å². The van der Waals surface area contributed by atoms with Gasteiger partial charge in [-0.3, -0.25) is 0 Å². The molecule has 0 aromatic rings. The smallest absolute Gasteiger partial charge is 1.00 e. The molecule has 0 aromatic heterocycles. The number of halogens is 3. The number of hydrogen-bond donors (Lipinski definition) is 0. The van der Waals surface area contributed by atoms with Crippen LogP contribution in [0, 0.1) is 0 Å². The van der Waals surface area contributed by atoms with Crippen molar-refractivity contribution >= 4 is 6.85 Å². The Hall–Kier alpha value is 1.52. The normalized spacial score (nSPS) is 16.4. The van der Waals surface area contributed by atoms with Crippen LogP contribution in [0.1, 0.15) is 20.8 Å². The Morgan fingerprint density at radius 3 is 1.86 bits per heavy atom. The molecule has 0 atom stereocenters. The van der Waals surface area contributed by atoms with Crippen molar-refractivity contribution in [3.05, 3.63) is 9.26 Å². The van der Waals surface area contributed by atoms with Gasteiger partial charge in [-0.15, -0.1) is 0 Å². The predicted molar refractivity (Wildman–Crippen MR) is 46.2 cm³/mol. The molecule has 0 aliphatic carbocycles.